The van der Waals surface area contributed by atoms with Gasteiger partial charge in [-0.1, -0.05) is 39.3 Å². The number of unbranched alkanes of at least 4 members (excludes halogenated alkanes) is 1. The molecule has 0 bridgehead atoms. The quantitative estimate of drug-likeness (QED) is 0.198. The number of nitrogens with one attached hydrogen (secondary N) is 2. The number of hydrogen-bond donors (Lipinski definition) is 2. The van der Waals surface area contributed by atoms with Crippen molar-refractivity contribution >= 4 is 22.9 Å². The minimum atomic E-state index is -0.888. The monoisotopic (exact) mass is 576 g/mol. The Morgan fingerprint density at radius 3 is 2.38 bits per heavy atom. The van der Waals surface area contributed by atoms with Crippen LogP contribution in [-0.2, 0) is 0 Å². The number of benzene rings is 2. The van der Waals surface area contributed by atoms with Crippen LogP contribution >= 0.6 is 0 Å². The molecule has 0 fully saturated rings. The molecule has 2 heterocycles. The lowest BCUT2D eigenvalue weighted by Gasteiger charge is -2.18. The molecule has 0 atom stereocenters. The zero-order chi connectivity index (χ0) is 30.2. The standard InChI is InChI=1S/C32H38F2N6O2/c1-5-8-17-35-31(42)22-14-13-21(4)24(20-22)28-23-15-16-27(41)40(29-25(33)11-9-12-26(29)34)30(23)38-32(37-28)36-18-10-19-39(6-2)7-3/h9,11-16,20H,5-8,10,17-19H2,1-4H3,(H,35,42)(H,36,37,38). The van der Waals surface area contributed by atoms with E-state index in [0.29, 0.717) is 35.3 Å². The summed E-state index contributed by atoms with van der Waals surface area (Å²) in [6, 6.07) is 11.6. The van der Waals surface area contributed by atoms with Crippen LogP contribution in [0.15, 0.2) is 53.3 Å². The van der Waals surface area contributed by atoms with Gasteiger partial charge in [-0.25, -0.2) is 13.8 Å². The Kier molecular flexibility index (Phi) is 10.4. The van der Waals surface area contributed by atoms with Crippen LogP contribution in [-0.4, -0.2) is 58.1 Å². The highest BCUT2D eigenvalue weighted by molar-refractivity contribution is 5.98. The van der Waals surface area contributed by atoms with E-state index in [4.69, 9.17) is 4.98 Å². The summed E-state index contributed by atoms with van der Waals surface area (Å²) in [5.41, 5.74) is 1.30. The number of para-hydroxylation sites is 1. The van der Waals surface area contributed by atoms with Gasteiger partial charge in [0.15, 0.2) is 5.65 Å². The van der Waals surface area contributed by atoms with E-state index in [2.05, 4.69) is 41.3 Å². The lowest BCUT2D eigenvalue weighted by Crippen LogP contribution is -2.25. The minimum absolute atomic E-state index is 0.0555. The number of carbonyl (C=O) groups is 1. The predicted molar refractivity (Wildman–Crippen MR) is 163 cm³/mol. The molecular formula is C32H38F2N6O2. The third-order valence-electron chi connectivity index (χ3n) is 7.31. The number of nitrogens with zero attached hydrogens (tertiary/aromatic N) is 4. The molecule has 4 rings (SSSR count). The number of pyridine rings is 1. The van der Waals surface area contributed by atoms with Crippen molar-refractivity contribution in [3.63, 3.8) is 0 Å². The van der Waals surface area contributed by atoms with Gasteiger partial charge in [-0.05, 0) is 75.3 Å². The van der Waals surface area contributed by atoms with E-state index in [1.54, 1.807) is 18.2 Å². The molecule has 0 radical (unpaired) electrons. The van der Waals surface area contributed by atoms with Crippen molar-refractivity contribution in [1.82, 2.24) is 24.8 Å². The molecule has 42 heavy (non-hydrogen) atoms. The van der Waals surface area contributed by atoms with Crippen LogP contribution in [0.25, 0.3) is 28.0 Å². The van der Waals surface area contributed by atoms with Gasteiger partial charge in [-0.2, -0.15) is 4.98 Å². The summed E-state index contributed by atoms with van der Waals surface area (Å²) in [5, 5.41) is 6.59. The largest absolute Gasteiger partial charge is 0.354 e. The molecule has 0 aliphatic heterocycles. The number of anilines is 1. The smallest absolute Gasteiger partial charge is 0.256 e. The van der Waals surface area contributed by atoms with Crippen molar-refractivity contribution in [2.75, 3.05) is 38.0 Å². The van der Waals surface area contributed by atoms with E-state index in [1.807, 2.05) is 13.0 Å². The minimum Gasteiger partial charge on any atom is -0.354 e. The molecular weight excluding hydrogens is 538 g/mol. The topological polar surface area (TPSA) is 92.2 Å². The van der Waals surface area contributed by atoms with Gasteiger partial charge in [-0.15, -0.1) is 0 Å². The lowest BCUT2D eigenvalue weighted by atomic mass is 9.99. The fourth-order valence-electron chi connectivity index (χ4n) is 4.86. The number of aromatic nitrogens is 3. The second-order valence-corrected chi connectivity index (χ2v) is 10.2. The molecule has 0 saturated heterocycles. The molecule has 0 saturated carbocycles. The fourth-order valence-corrected chi connectivity index (χ4v) is 4.86. The Morgan fingerprint density at radius 2 is 1.69 bits per heavy atom. The first-order valence-corrected chi connectivity index (χ1v) is 14.5. The highest BCUT2D eigenvalue weighted by atomic mass is 19.1. The number of fused-ring (bicyclic) bond motifs is 1. The Balaban J connectivity index is 1.88. The zero-order valence-electron chi connectivity index (χ0n) is 24.6. The third-order valence-corrected chi connectivity index (χ3v) is 7.31. The number of hydrogen-bond acceptors (Lipinski definition) is 6. The second kappa shape index (κ2) is 14.1. The first kappa shape index (κ1) is 30.8. The maximum Gasteiger partial charge on any atom is 0.256 e. The average molecular weight is 577 g/mol. The van der Waals surface area contributed by atoms with Crippen LogP contribution in [0.1, 0.15) is 56.0 Å². The molecule has 2 N–H and O–H groups in total. The highest BCUT2D eigenvalue weighted by Gasteiger charge is 2.21. The van der Waals surface area contributed by atoms with E-state index in [1.165, 1.54) is 12.1 Å². The van der Waals surface area contributed by atoms with Crippen molar-refractivity contribution in [1.29, 1.82) is 0 Å². The first-order valence-electron chi connectivity index (χ1n) is 14.5. The average Bonchev–Trinajstić information content (AvgIpc) is 2.98. The molecule has 2 aromatic heterocycles. The second-order valence-electron chi connectivity index (χ2n) is 10.2. The van der Waals surface area contributed by atoms with Crippen molar-refractivity contribution in [2.45, 2.75) is 47.0 Å². The number of carbonyl (C=O) groups excluding carboxylic acids is 1. The van der Waals surface area contributed by atoms with Crippen LogP contribution in [0.5, 0.6) is 0 Å². The Labute approximate surface area is 244 Å². The molecule has 0 aliphatic carbocycles. The summed E-state index contributed by atoms with van der Waals surface area (Å²) < 4.78 is 30.9. The predicted octanol–water partition coefficient (Wildman–Crippen LogP) is 5.71. The lowest BCUT2D eigenvalue weighted by molar-refractivity contribution is 0.0953. The molecule has 222 valence electrons. The fraction of sp³-hybridized carbons (Fsp3) is 0.375. The summed E-state index contributed by atoms with van der Waals surface area (Å²) in [4.78, 5) is 37.7. The van der Waals surface area contributed by atoms with E-state index in [9.17, 15) is 18.4 Å². The Hall–Kier alpha value is -4.18. The molecule has 2 aromatic carbocycles. The Morgan fingerprint density at radius 1 is 0.952 bits per heavy atom. The molecule has 10 heteroatoms. The molecule has 1 amide bonds. The number of amides is 1. The summed E-state index contributed by atoms with van der Waals surface area (Å²) in [5.74, 6) is -1.77. The SMILES string of the molecule is CCCCNC(=O)c1ccc(C)c(-c2nc(NCCCN(CC)CC)nc3c2ccc(=O)n3-c2c(F)cccc2F)c1. The number of halogens is 2. The molecule has 0 spiro atoms. The normalized spacial score (nSPS) is 11.3. The van der Waals surface area contributed by atoms with E-state index in [-0.39, 0.29) is 17.5 Å². The zero-order valence-corrected chi connectivity index (χ0v) is 24.6. The number of rotatable bonds is 13. The summed E-state index contributed by atoms with van der Waals surface area (Å²) in [6.45, 7) is 12.0. The van der Waals surface area contributed by atoms with E-state index >= 15 is 0 Å². The summed E-state index contributed by atoms with van der Waals surface area (Å²) in [7, 11) is 0. The van der Waals surface area contributed by atoms with Gasteiger partial charge in [0.1, 0.15) is 17.3 Å². The molecule has 4 aromatic rings. The summed E-state index contributed by atoms with van der Waals surface area (Å²) in [6.07, 6.45) is 2.64. The van der Waals surface area contributed by atoms with Crippen molar-refractivity contribution < 1.29 is 13.6 Å². The van der Waals surface area contributed by atoms with Crippen LogP contribution in [0.2, 0.25) is 0 Å². The van der Waals surface area contributed by atoms with Gasteiger partial charge in [0.2, 0.25) is 5.95 Å². The van der Waals surface area contributed by atoms with Gasteiger partial charge < -0.3 is 15.5 Å². The van der Waals surface area contributed by atoms with Gasteiger partial charge in [0.25, 0.3) is 11.5 Å². The van der Waals surface area contributed by atoms with E-state index in [0.717, 1.165) is 61.2 Å². The van der Waals surface area contributed by atoms with Gasteiger partial charge >= 0.3 is 0 Å². The maximum atomic E-state index is 15.0. The van der Waals surface area contributed by atoms with Crippen LogP contribution in [0.3, 0.4) is 0 Å². The van der Waals surface area contributed by atoms with Crippen LogP contribution in [0.4, 0.5) is 14.7 Å². The van der Waals surface area contributed by atoms with Gasteiger partial charge in [0, 0.05) is 35.7 Å². The third kappa shape index (κ3) is 6.82. The molecule has 0 unspecified atom stereocenters. The van der Waals surface area contributed by atoms with Crippen molar-refractivity contribution in [2.24, 2.45) is 0 Å². The van der Waals surface area contributed by atoms with Gasteiger partial charge in [-0.3, -0.25) is 14.2 Å². The van der Waals surface area contributed by atoms with Gasteiger partial charge in [0.05, 0.1) is 5.69 Å². The number of aryl methyl sites for hydroxylation is 1. The van der Waals surface area contributed by atoms with E-state index < -0.39 is 22.9 Å². The maximum absolute atomic E-state index is 15.0. The highest BCUT2D eigenvalue weighted by Crippen LogP contribution is 2.31. The van der Waals surface area contributed by atoms with Crippen molar-refractivity contribution in [3.05, 3.63) is 81.6 Å². The van der Waals surface area contributed by atoms with Crippen molar-refractivity contribution in [3.8, 4) is 16.9 Å². The van der Waals surface area contributed by atoms with Crippen LogP contribution < -0.4 is 16.2 Å². The Bertz CT molecular complexity index is 1600. The van der Waals surface area contributed by atoms with Crippen LogP contribution in [0, 0.1) is 18.6 Å². The first-order chi connectivity index (χ1) is 20.3. The summed E-state index contributed by atoms with van der Waals surface area (Å²) >= 11 is 0. The molecule has 8 nitrogen and oxygen atoms in total. The molecule has 0 aliphatic rings.